The summed E-state index contributed by atoms with van der Waals surface area (Å²) < 4.78 is 0. The monoisotopic (exact) mass is 286 g/mol. The molecule has 1 N–H and O–H groups in total. The lowest BCUT2D eigenvalue weighted by atomic mass is 10.4. The summed E-state index contributed by atoms with van der Waals surface area (Å²) >= 11 is 5.86. The fraction of sp³-hybridized carbons (Fsp3) is 0.636. The van der Waals surface area contributed by atoms with Gasteiger partial charge in [-0.1, -0.05) is 0 Å². The van der Waals surface area contributed by atoms with Crippen molar-refractivity contribution < 1.29 is 4.79 Å². The number of hydrogen-bond acceptors (Lipinski definition) is 6. The summed E-state index contributed by atoms with van der Waals surface area (Å²) in [4.78, 5) is 27.3. The molecule has 1 aromatic heterocycles. The first kappa shape index (κ1) is 15.4. The minimum absolute atomic E-state index is 0.0246. The van der Waals surface area contributed by atoms with Crippen molar-refractivity contribution in [3.05, 3.63) is 5.28 Å². The van der Waals surface area contributed by atoms with E-state index in [-0.39, 0.29) is 17.7 Å². The van der Waals surface area contributed by atoms with E-state index in [1.807, 2.05) is 13.8 Å². The lowest BCUT2D eigenvalue weighted by Gasteiger charge is -2.22. The van der Waals surface area contributed by atoms with Gasteiger partial charge >= 0.3 is 0 Å². The van der Waals surface area contributed by atoms with Crippen LogP contribution in [-0.4, -0.2) is 59.5 Å². The summed E-state index contributed by atoms with van der Waals surface area (Å²) in [6.45, 7) is 5.35. The lowest BCUT2D eigenvalue weighted by Crippen LogP contribution is -2.37. The van der Waals surface area contributed by atoms with Crippen molar-refractivity contribution in [1.82, 2.24) is 19.9 Å². The SMILES string of the molecule is CCNc1nc(Cl)nc(N(CC)CC(=O)N(C)C)n1. The smallest absolute Gasteiger partial charge is 0.241 e. The first-order valence-electron chi connectivity index (χ1n) is 6.08. The molecular formula is C11H19ClN6O. The van der Waals surface area contributed by atoms with E-state index in [1.54, 1.807) is 19.0 Å². The number of carbonyl (C=O) groups is 1. The van der Waals surface area contributed by atoms with Crippen LogP contribution in [-0.2, 0) is 4.79 Å². The highest BCUT2D eigenvalue weighted by molar-refractivity contribution is 6.28. The largest absolute Gasteiger partial charge is 0.354 e. The minimum Gasteiger partial charge on any atom is -0.354 e. The second kappa shape index (κ2) is 7.08. The summed E-state index contributed by atoms with van der Waals surface area (Å²) in [5.41, 5.74) is 0. The number of rotatable bonds is 6. The number of hydrogen-bond donors (Lipinski definition) is 1. The van der Waals surface area contributed by atoms with Gasteiger partial charge in [0.05, 0.1) is 6.54 Å². The number of anilines is 2. The average Bonchev–Trinajstić information content (AvgIpc) is 2.35. The van der Waals surface area contributed by atoms with E-state index in [0.717, 1.165) is 0 Å². The van der Waals surface area contributed by atoms with Gasteiger partial charge in [-0.3, -0.25) is 4.79 Å². The van der Waals surface area contributed by atoms with Crippen LogP contribution in [0, 0.1) is 0 Å². The Hall–Kier alpha value is -1.63. The van der Waals surface area contributed by atoms with Gasteiger partial charge in [-0.25, -0.2) is 0 Å². The van der Waals surface area contributed by atoms with Crippen molar-refractivity contribution in [2.24, 2.45) is 0 Å². The Morgan fingerprint density at radius 2 is 1.95 bits per heavy atom. The number of carbonyl (C=O) groups excluding carboxylic acids is 1. The third-order valence-corrected chi connectivity index (χ3v) is 2.59. The van der Waals surface area contributed by atoms with Gasteiger partial charge in [0.15, 0.2) is 0 Å². The number of nitrogens with zero attached hydrogens (tertiary/aromatic N) is 5. The van der Waals surface area contributed by atoms with Crippen LogP contribution in [0.3, 0.4) is 0 Å². The van der Waals surface area contributed by atoms with Gasteiger partial charge in [-0.05, 0) is 25.4 Å². The lowest BCUT2D eigenvalue weighted by molar-refractivity contribution is -0.127. The summed E-state index contributed by atoms with van der Waals surface area (Å²) in [6, 6.07) is 0. The normalized spacial score (nSPS) is 10.2. The molecule has 0 saturated carbocycles. The topological polar surface area (TPSA) is 74.2 Å². The maximum atomic E-state index is 11.7. The van der Waals surface area contributed by atoms with Gasteiger partial charge in [0.25, 0.3) is 0 Å². The Morgan fingerprint density at radius 3 is 2.47 bits per heavy atom. The summed E-state index contributed by atoms with van der Waals surface area (Å²) in [6.07, 6.45) is 0. The maximum Gasteiger partial charge on any atom is 0.241 e. The van der Waals surface area contributed by atoms with E-state index in [9.17, 15) is 4.79 Å². The van der Waals surface area contributed by atoms with Gasteiger partial charge in [0.2, 0.25) is 23.1 Å². The molecule has 0 aliphatic rings. The highest BCUT2D eigenvalue weighted by Crippen LogP contribution is 2.13. The van der Waals surface area contributed by atoms with E-state index >= 15 is 0 Å². The molecule has 1 amide bonds. The van der Waals surface area contributed by atoms with Crippen molar-refractivity contribution in [1.29, 1.82) is 0 Å². The van der Waals surface area contributed by atoms with E-state index < -0.39 is 0 Å². The number of amides is 1. The Bertz CT molecular complexity index is 439. The van der Waals surface area contributed by atoms with Crippen LogP contribution in [0.4, 0.5) is 11.9 Å². The molecule has 0 atom stereocenters. The Kier molecular flexibility index (Phi) is 5.75. The zero-order valence-electron chi connectivity index (χ0n) is 11.6. The fourth-order valence-corrected chi connectivity index (χ4v) is 1.50. The molecule has 1 heterocycles. The van der Waals surface area contributed by atoms with Crippen LogP contribution < -0.4 is 10.2 Å². The Balaban J connectivity index is 2.94. The quantitative estimate of drug-likeness (QED) is 0.836. The molecule has 1 aromatic rings. The van der Waals surface area contributed by atoms with Gasteiger partial charge in [-0.2, -0.15) is 15.0 Å². The van der Waals surface area contributed by atoms with Crippen LogP contribution >= 0.6 is 11.6 Å². The predicted molar refractivity (Wildman–Crippen MR) is 75.6 cm³/mol. The average molecular weight is 287 g/mol. The third-order valence-electron chi connectivity index (χ3n) is 2.42. The highest BCUT2D eigenvalue weighted by atomic mass is 35.5. The van der Waals surface area contributed by atoms with Crippen molar-refractivity contribution >= 4 is 29.4 Å². The van der Waals surface area contributed by atoms with Gasteiger partial charge in [0.1, 0.15) is 0 Å². The van der Waals surface area contributed by atoms with E-state index in [4.69, 9.17) is 11.6 Å². The first-order valence-corrected chi connectivity index (χ1v) is 6.46. The van der Waals surface area contributed by atoms with Crippen molar-refractivity contribution in [3.8, 4) is 0 Å². The molecule has 0 bridgehead atoms. The Morgan fingerprint density at radius 1 is 1.26 bits per heavy atom. The summed E-state index contributed by atoms with van der Waals surface area (Å²) in [5.74, 6) is 0.783. The molecule has 8 heteroatoms. The molecule has 0 saturated heterocycles. The zero-order valence-corrected chi connectivity index (χ0v) is 12.4. The highest BCUT2D eigenvalue weighted by Gasteiger charge is 2.15. The number of aromatic nitrogens is 3. The van der Waals surface area contributed by atoms with Crippen LogP contribution in [0.2, 0.25) is 5.28 Å². The number of likely N-dealkylation sites (N-methyl/N-ethyl adjacent to an activating group) is 2. The summed E-state index contributed by atoms with van der Waals surface area (Å²) in [7, 11) is 3.42. The molecule has 0 unspecified atom stereocenters. The second-order valence-corrected chi connectivity index (χ2v) is 4.40. The van der Waals surface area contributed by atoms with E-state index in [1.165, 1.54) is 4.90 Å². The van der Waals surface area contributed by atoms with E-state index in [2.05, 4.69) is 20.3 Å². The van der Waals surface area contributed by atoms with Crippen molar-refractivity contribution in [2.45, 2.75) is 13.8 Å². The van der Waals surface area contributed by atoms with Gasteiger partial charge in [0, 0.05) is 27.2 Å². The van der Waals surface area contributed by atoms with Gasteiger partial charge < -0.3 is 15.1 Å². The molecule has 1 rings (SSSR count). The van der Waals surface area contributed by atoms with Crippen LogP contribution in [0.1, 0.15) is 13.8 Å². The van der Waals surface area contributed by atoms with Crippen LogP contribution in [0.15, 0.2) is 0 Å². The first-order chi connectivity index (χ1) is 8.97. The molecule has 7 nitrogen and oxygen atoms in total. The van der Waals surface area contributed by atoms with E-state index in [0.29, 0.717) is 25.0 Å². The second-order valence-electron chi connectivity index (χ2n) is 4.06. The summed E-state index contributed by atoms with van der Waals surface area (Å²) in [5, 5.41) is 3.08. The molecule has 0 fully saturated rings. The molecule has 0 aliphatic carbocycles. The fourth-order valence-electron chi connectivity index (χ4n) is 1.35. The van der Waals surface area contributed by atoms with Crippen LogP contribution in [0.25, 0.3) is 0 Å². The van der Waals surface area contributed by atoms with Crippen molar-refractivity contribution in [2.75, 3.05) is 43.9 Å². The van der Waals surface area contributed by atoms with Gasteiger partial charge in [-0.15, -0.1) is 0 Å². The predicted octanol–water partition coefficient (Wildman–Crippen LogP) is 0.871. The minimum atomic E-state index is -0.0246. The van der Waals surface area contributed by atoms with Crippen molar-refractivity contribution in [3.63, 3.8) is 0 Å². The Labute approximate surface area is 118 Å². The molecule has 0 aromatic carbocycles. The zero-order chi connectivity index (χ0) is 14.4. The molecule has 106 valence electrons. The maximum absolute atomic E-state index is 11.7. The number of nitrogens with one attached hydrogen (secondary N) is 1. The molecule has 0 spiro atoms. The van der Waals surface area contributed by atoms with Crippen LogP contribution in [0.5, 0.6) is 0 Å². The molecule has 19 heavy (non-hydrogen) atoms. The molecule has 0 aliphatic heterocycles. The molecular weight excluding hydrogens is 268 g/mol. The third kappa shape index (κ3) is 4.51. The standard InChI is InChI=1S/C11H19ClN6O/c1-5-13-10-14-9(12)15-11(16-10)18(6-2)7-8(19)17(3)4/h5-7H2,1-4H3,(H,13,14,15,16). The number of halogens is 1. The molecule has 0 radical (unpaired) electrons.